The van der Waals surface area contributed by atoms with Gasteiger partial charge in [0, 0.05) is 6.54 Å². The fourth-order valence-corrected chi connectivity index (χ4v) is 2.11. The molecule has 1 N–H and O–H groups in total. The Labute approximate surface area is 95.2 Å². The monoisotopic (exact) mass is 227 g/mol. The minimum absolute atomic E-state index is 0. The average molecular weight is 228 g/mol. The third-order valence-electron chi connectivity index (χ3n) is 2.93. The molecule has 2 aliphatic rings. The minimum atomic E-state index is 0. The maximum absolute atomic E-state index is 5.36. The number of nitrogens with one attached hydrogen (secondary N) is 1. The molecule has 1 atom stereocenters. The topological polar surface area (TPSA) is 30.5 Å². The van der Waals surface area contributed by atoms with Gasteiger partial charge in [-0.05, 0) is 36.6 Å². The molecule has 3 nitrogen and oxygen atoms in total. The average Bonchev–Trinajstić information content (AvgIpc) is 2.88. The summed E-state index contributed by atoms with van der Waals surface area (Å²) in [5.41, 5.74) is 1.36. The summed E-state index contributed by atoms with van der Waals surface area (Å²) in [6, 6.07) is 6.27. The van der Waals surface area contributed by atoms with Crippen LogP contribution in [0.1, 0.15) is 17.9 Å². The van der Waals surface area contributed by atoms with Crippen molar-refractivity contribution in [1.29, 1.82) is 0 Å². The lowest BCUT2D eigenvalue weighted by Crippen LogP contribution is -2.07. The zero-order chi connectivity index (χ0) is 9.38. The van der Waals surface area contributed by atoms with E-state index in [4.69, 9.17) is 9.47 Å². The summed E-state index contributed by atoms with van der Waals surface area (Å²) < 4.78 is 10.6. The predicted molar refractivity (Wildman–Crippen MR) is 60.0 cm³/mol. The molecular weight excluding hydrogens is 214 g/mol. The predicted octanol–water partition coefficient (Wildman–Crippen LogP) is 1.91. The van der Waals surface area contributed by atoms with Gasteiger partial charge in [-0.1, -0.05) is 6.07 Å². The van der Waals surface area contributed by atoms with Crippen molar-refractivity contribution in [3.05, 3.63) is 23.8 Å². The fraction of sp³-hybridized carbons (Fsp3) is 0.455. The van der Waals surface area contributed by atoms with Crippen molar-refractivity contribution in [2.75, 3.05) is 19.9 Å². The Bertz CT molecular complexity index is 350. The van der Waals surface area contributed by atoms with Gasteiger partial charge < -0.3 is 14.8 Å². The lowest BCUT2D eigenvalue weighted by molar-refractivity contribution is 0.174. The van der Waals surface area contributed by atoms with Gasteiger partial charge in [0.15, 0.2) is 11.5 Å². The van der Waals surface area contributed by atoms with Gasteiger partial charge in [0.2, 0.25) is 6.79 Å². The van der Waals surface area contributed by atoms with E-state index in [0.29, 0.717) is 12.7 Å². The van der Waals surface area contributed by atoms with Crippen molar-refractivity contribution in [1.82, 2.24) is 5.32 Å². The summed E-state index contributed by atoms with van der Waals surface area (Å²) in [5, 5.41) is 3.37. The van der Waals surface area contributed by atoms with Crippen LogP contribution in [0.2, 0.25) is 0 Å². The molecule has 1 aromatic rings. The molecule has 15 heavy (non-hydrogen) atoms. The Morgan fingerprint density at radius 3 is 2.87 bits per heavy atom. The molecule has 4 heteroatoms. The van der Waals surface area contributed by atoms with Gasteiger partial charge in [-0.15, -0.1) is 12.4 Å². The molecule has 1 unspecified atom stereocenters. The highest BCUT2D eigenvalue weighted by molar-refractivity contribution is 5.85. The van der Waals surface area contributed by atoms with Crippen LogP contribution in [0.5, 0.6) is 11.5 Å². The Morgan fingerprint density at radius 1 is 1.20 bits per heavy atom. The number of ether oxygens (including phenoxy) is 2. The maximum Gasteiger partial charge on any atom is 0.231 e. The summed E-state index contributed by atoms with van der Waals surface area (Å²) >= 11 is 0. The van der Waals surface area contributed by atoms with E-state index in [9.17, 15) is 0 Å². The van der Waals surface area contributed by atoms with Crippen LogP contribution in [0.4, 0.5) is 0 Å². The van der Waals surface area contributed by atoms with Crippen LogP contribution in [-0.4, -0.2) is 19.9 Å². The molecule has 0 radical (unpaired) electrons. The molecule has 0 spiro atoms. The molecule has 3 rings (SSSR count). The molecule has 2 aliphatic heterocycles. The van der Waals surface area contributed by atoms with E-state index in [1.807, 2.05) is 6.07 Å². The Morgan fingerprint density at radius 2 is 2.07 bits per heavy atom. The Kier molecular flexibility index (Phi) is 3.03. The maximum atomic E-state index is 5.36. The first-order valence-corrected chi connectivity index (χ1v) is 5.04. The molecule has 0 aromatic heterocycles. The number of halogens is 1. The van der Waals surface area contributed by atoms with E-state index in [-0.39, 0.29) is 12.4 Å². The Hall–Kier alpha value is -0.930. The van der Waals surface area contributed by atoms with E-state index >= 15 is 0 Å². The van der Waals surface area contributed by atoms with Gasteiger partial charge in [-0.3, -0.25) is 0 Å². The number of fused-ring (bicyclic) bond motifs is 1. The van der Waals surface area contributed by atoms with Crippen LogP contribution in [0.25, 0.3) is 0 Å². The molecule has 0 aliphatic carbocycles. The highest BCUT2D eigenvalue weighted by Gasteiger charge is 2.20. The van der Waals surface area contributed by atoms with Crippen LogP contribution in [-0.2, 0) is 0 Å². The van der Waals surface area contributed by atoms with Crippen LogP contribution in [0.15, 0.2) is 18.2 Å². The van der Waals surface area contributed by atoms with Crippen LogP contribution < -0.4 is 14.8 Å². The highest BCUT2D eigenvalue weighted by atomic mass is 35.5. The summed E-state index contributed by atoms with van der Waals surface area (Å²) in [7, 11) is 0. The number of rotatable bonds is 1. The zero-order valence-electron chi connectivity index (χ0n) is 8.36. The van der Waals surface area contributed by atoms with Crippen molar-refractivity contribution >= 4 is 12.4 Å². The SMILES string of the molecule is Cl.c1cc2c(cc1C1CCNC1)OCO2. The minimum Gasteiger partial charge on any atom is -0.454 e. The molecule has 1 fully saturated rings. The fourth-order valence-electron chi connectivity index (χ4n) is 2.11. The zero-order valence-corrected chi connectivity index (χ0v) is 9.18. The van der Waals surface area contributed by atoms with E-state index in [0.717, 1.165) is 24.6 Å². The van der Waals surface area contributed by atoms with E-state index in [1.54, 1.807) is 0 Å². The van der Waals surface area contributed by atoms with Gasteiger partial charge in [-0.2, -0.15) is 0 Å². The highest BCUT2D eigenvalue weighted by Crippen LogP contribution is 2.35. The normalized spacial score (nSPS) is 22.5. The summed E-state index contributed by atoms with van der Waals surface area (Å²) in [4.78, 5) is 0. The summed E-state index contributed by atoms with van der Waals surface area (Å²) in [6.45, 7) is 2.57. The molecule has 2 heterocycles. The van der Waals surface area contributed by atoms with Crippen molar-refractivity contribution in [2.24, 2.45) is 0 Å². The van der Waals surface area contributed by atoms with E-state index in [1.165, 1.54) is 12.0 Å². The molecule has 0 saturated carbocycles. The second-order valence-electron chi connectivity index (χ2n) is 3.80. The van der Waals surface area contributed by atoms with Gasteiger partial charge >= 0.3 is 0 Å². The Balaban J connectivity index is 0.000000853. The van der Waals surface area contributed by atoms with Crippen molar-refractivity contribution in [2.45, 2.75) is 12.3 Å². The third-order valence-corrected chi connectivity index (χ3v) is 2.93. The molecule has 0 bridgehead atoms. The largest absolute Gasteiger partial charge is 0.454 e. The van der Waals surface area contributed by atoms with Gasteiger partial charge in [0.25, 0.3) is 0 Å². The first kappa shape index (κ1) is 10.6. The second kappa shape index (κ2) is 4.29. The smallest absolute Gasteiger partial charge is 0.231 e. The van der Waals surface area contributed by atoms with Gasteiger partial charge in [0.1, 0.15) is 0 Å². The first-order chi connectivity index (χ1) is 6.93. The van der Waals surface area contributed by atoms with Gasteiger partial charge in [-0.25, -0.2) is 0 Å². The lowest BCUT2D eigenvalue weighted by Gasteiger charge is -2.08. The number of hydrogen-bond acceptors (Lipinski definition) is 3. The molecular formula is C11H14ClNO2. The second-order valence-corrected chi connectivity index (χ2v) is 3.80. The number of benzene rings is 1. The van der Waals surface area contributed by atoms with Crippen molar-refractivity contribution in [3.8, 4) is 11.5 Å². The molecule has 1 aromatic carbocycles. The van der Waals surface area contributed by atoms with Crippen LogP contribution in [0, 0.1) is 0 Å². The third kappa shape index (κ3) is 1.90. The summed E-state index contributed by atoms with van der Waals surface area (Å²) in [6.07, 6.45) is 1.22. The number of hydrogen-bond donors (Lipinski definition) is 1. The molecule has 82 valence electrons. The van der Waals surface area contributed by atoms with E-state index < -0.39 is 0 Å². The molecule has 1 saturated heterocycles. The first-order valence-electron chi connectivity index (χ1n) is 5.04. The standard InChI is InChI=1S/C11H13NO2.ClH/c1-2-10-11(14-7-13-10)5-8(1)9-3-4-12-6-9;/h1-2,5,9,12H,3-4,6-7H2;1H. The van der Waals surface area contributed by atoms with Gasteiger partial charge in [0.05, 0.1) is 0 Å². The van der Waals surface area contributed by atoms with Crippen molar-refractivity contribution in [3.63, 3.8) is 0 Å². The molecule has 0 amide bonds. The van der Waals surface area contributed by atoms with Crippen LogP contribution >= 0.6 is 12.4 Å². The quantitative estimate of drug-likeness (QED) is 0.795. The van der Waals surface area contributed by atoms with Crippen molar-refractivity contribution < 1.29 is 9.47 Å². The summed E-state index contributed by atoms with van der Waals surface area (Å²) in [5.74, 6) is 2.42. The lowest BCUT2D eigenvalue weighted by atomic mass is 9.98. The van der Waals surface area contributed by atoms with Crippen LogP contribution in [0.3, 0.4) is 0 Å². The van der Waals surface area contributed by atoms with E-state index in [2.05, 4.69) is 17.4 Å².